The minimum Gasteiger partial charge on any atom is -0.388 e. The zero-order valence-corrected chi connectivity index (χ0v) is 12.9. The molecule has 4 nitrogen and oxygen atoms in total. The van der Waals surface area contributed by atoms with Crippen LogP contribution in [0, 0.1) is 5.82 Å². The van der Waals surface area contributed by atoms with Crippen LogP contribution in [0.4, 0.5) is 4.39 Å². The lowest BCUT2D eigenvalue weighted by molar-refractivity contribution is 0.00526. The van der Waals surface area contributed by atoms with Gasteiger partial charge in [-0.25, -0.2) is 4.39 Å². The highest BCUT2D eigenvalue weighted by molar-refractivity contribution is 6.00. The number of aromatic amines is 1. The lowest BCUT2D eigenvalue weighted by atomic mass is 9.85. The highest BCUT2D eigenvalue weighted by atomic mass is 19.1. The highest BCUT2D eigenvalue weighted by Crippen LogP contribution is 2.28. The van der Waals surface area contributed by atoms with Crippen molar-refractivity contribution < 1.29 is 14.3 Å². The highest BCUT2D eigenvalue weighted by Gasteiger charge is 2.29. The smallest absolute Gasteiger partial charge is 0.253 e. The minimum absolute atomic E-state index is 0.232. The zero-order valence-electron chi connectivity index (χ0n) is 12.9. The second kappa shape index (κ2) is 6.54. The molecule has 0 saturated heterocycles. The van der Waals surface area contributed by atoms with Gasteiger partial charge in [-0.05, 0) is 30.5 Å². The molecule has 0 radical (unpaired) electrons. The molecule has 1 aromatic heterocycles. The number of rotatable bonds is 4. The van der Waals surface area contributed by atoms with Crippen LogP contribution in [-0.4, -0.2) is 28.1 Å². The summed E-state index contributed by atoms with van der Waals surface area (Å²) >= 11 is 0. The topological polar surface area (TPSA) is 65.1 Å². The number of aliphatic hydroxyl groups is 1. The minimum atomic E-state index is -0.791. The van der Waals surface area contributed by atoms with E-state index in [1.54, 1.807) is 24.5 Å². The van der Waals surface area contributed by atoms with Gasteiger partial charge in [0, 0.05) is 24.5 Å². The Bertz CT molecular complexity index is 673. The molecule has 1 aromatic carbocycles. The summed E-state index contributed by atoms with van der Waals surface area (Å²) < 4.78 is 13.0. The van der Waals surface area contributed by atoms with Crippen LogP contribution in [0.3, 0.4) is 0 Å². The molecule has 0 aliphatic heterocycles. The van der Waals surface area contributed by atoms with E-state index in [2.05, 4.69) is 10.3 Å². The van der Waals surface area contributed by atoms with Crippen LogP contribution >= 0.6 is 0 Å². The summed E-state index contributed by atoms with van der Waals surface area (Å²) in [5, 5.41) is 13.3. The van der Waals surface area contributed by atoms with Crippen LogP contribution in [0.15, 0.2) is 36.7 Å². The van der Waals surface area contributed by atoms with E-state index in [0.29, 0.717) is 5.56 Å². The maximum Gasteiger partial charge on any atom is 0.253 e. The molecule has 1 fully saturated rings. The number of hydrogen-bond acceptors (Lipinski definition) is 2. The van der Waals surface area contributed by atoms with E-state index in [9.17, 15) is 14.3 Å². The van der Waals surface area contributed by atoms with E-state index in [0.717, 1.165) is 43.2 Å². The fraction of sp³-hybridized carbons (Fsp3) is 0.389. The Morgan fingerprint density at radius 3 is 2.57 bits per heavy atom. The van der Waals surface area contributed by atoms with E-state index in [1.807, 2.05) is 0 Å². The molecule has 3 N–H and O–H groups in total. The first-order valence-corrected chi connectivity index (χ1v) is 8.01. The number of carbonyl (C=O) groups excluding carboxylic acids is 1. The van der Waals surface area contributed by atoms with E-state index in [4.69, 9.17) is 0 Å². The Morgan fingerprint density at radius 2 is 1.87 bits per heavy atom. The predicted octanol–water partition coefficient (Wildman–Crippen LogP) is 3.25. The fourth-order valence-corrected chi connectivity index (χ4v) is 3.15. The summed E-state index contributed by atoms with van der Waals surface area (Å²) in [5.74, 6) is -0.542. The molecule has 23 heavy (non-hydrogen) atoms. The summed E-state index contributed by atoms with van der Waals surface area (Å²) in [5.41, 5.74) is 1.20. The van der Waals surface area contributed by atoms with E-state index >= 15 is 0 Å². The normalized spacial score (nSPS) is 17.0. The molecule has 0 bridgehead atoms. The van der Waals surface area contributed by atoms with Gasteiger partial charge in [-0.15, -0.1) is 0 Å². The average molecular weight is 316 g/mol. The van der Waals surface area contributed by atoms with Gasteiger partial charge in [0.1, 0.15) is 5.82 Å². The predicted molar refractivity (Wildman–Crippen MR) is 86.6 cm³/mol. The Morgan fingerprint density at radius 1 is 1.17 bits per heavy atom. The number of amides is 1. The Balaban J connectivity index is 1.71. The van der Waals surface area contributed by atoms with Crippen LogP contribution in [0.2, 0.25) is 0 Å². The number of nitrogens with one attached hydrogen (secondary N) is 2. The average Bonchev–Trinajstić information content (AvgIpc) is 3.04. The van der Waals surface area contributed by atoms with Crippen LogP contribution in [-0.2, 0) is 0 Å². The number of carbonyl (C=O) groups is 1. The molecule has 2 aromatic rings. The first-order valence-electron chi connectivity index (χ1n) is 8.01. The molecule has 1 aliphatic rings. The lowest BCUT2D eigenvalue weighted by Crippen LogP contribution is -2.44. The summed E-state index contributed by atoms with van der Waals surface area (Å²) in [6.07, 6.45) is 7.93. The number of benzene rings is 1. The van der Waals surface area contributed by atoms with E-state index < -0.39 is 5.60 Å². The van der Waals surface area contributed by atoms with Crippen molar-refractivity contribution >= 4 is 5.91 Å². The van der Waals surface area contributed by atoms with Crippen molar-refractivity contribution in [1.82, 2.24) is 10.3 Å². The van der Waals surface area contributed by atoms with Crippen molar-refractivity contribution in [2.45, 2.75) is 37.7 Å². The molecule has 3 rings (SSSR count). The third-order valence-electron chi connectivity index (χ3n) is 4.51. The van der Waals surface area contributed by atoms with Gasteiger partial charge in [-0.3, -0.25) is 4.79 Å². The molecule has 1 heterocycles. The van der Waals surface area contributed by atoms with Gasteiger partial charge in [-0.1, -0.05) is 31.4 Å². The van der Waals surface area contributed by atoms with Crippen LogP contribution in [0.5, 0.6) is 0 Å². The number of aromatic nitrogens is 1. The molecule has 0 unspecified atom stereocenters. The van der Waals surface area contributed by atoms with Crippen molar-refractivity contribution in [3.63, 3.8) is 0 Å². The van der Waals surface area contributed by atoms with E-state index in [1.165, 1.54) is 12.1 Å². The Kier molecular flexibility index (Phi) is 4.48. The van der Waals surface area contributed by atoms with Crippen LogP contribution in [0.1, 0.15) is 42.5 Å². The molecular weight excluding hydrogens is 295 g/mol. The van der Waals surface area contributed by atoms with Crippen molar-refractivity contribution in [2.75, 3.05) is 6.54 Å². The molecule has 0 spiro atoms. The third kappa shape index (κ3) is 3.62. The quantitative estimate of drug-likeness (QED) is 0.810. The maximum absolute atomic E-state index is 13.0. The SMILES string of the molecule is O=C(NCC1(O)CCCCC1)c1c[nH]cc1-c1ccc(F)cc1. The molecular formula is C18H21FN2O2. The molecule has 122 valence electrons. The standard InChI is InChI=1S/C18H21FN2O2/c19-14-6-4-13(5-7-14)15-10-20-11-16(15)17(22)21-12-18(23)8-2-1-3-9-18/h4-7,10-11,20,23H,1-3,8-9,12H2,(H,21,22). The van der Waals surface area contributed by atoms with Gasteiger partial charge in [0.25, 0.3) is 5.91 Å². The summed E-state index contributed by atoms with van der Waals surface area (Å²) in [6, 6.07) is 6.03. The van der Waals surface area contributed by atoms with Gasteiger partial charge in [0.05, 0.1) is 11.2 Å². The Hall–Kier alpha value is -2.14. The van der Waals surface area contributed by atoms with Crippen LogP contribution < -0.4 is 5.32 Å². The van der Waals surface area contributed by atoms with Crippen molar-refractivity contribution in [3.8, 4) is 11.1 Å². The second-order valence-corrected chi connectivity index (χ2v) is 6.26. The first kappa shape index (κ1) is 15.7. The fourth-order valence-electron chi connectivity index (χ4n) is 3.15. The summed E-state index contributed by atoms with van der Waals surface area (Å²) in [7, 11) is 0. The number of halogens is 1. The summed E-state index contributed by atoms with van der Waals surface area (Å²) in [4.78, 5) is 15.4. The zero-order chi connectivity index (χ0) is 16.3. The second-order valence-electron chi connectivity index (χ2n) is 6.26. The number of H-pyrrole nitrogens is 1. The monoisotopic (exact) mass is 316 g/mol. The molecule has 1 amide bonds. The van der Waals surface area contributed by atoms with Gasteiger partial charge in [0.2, 0.25) is 0 Å². The van der Waals surface area contributed by atoms with E-state index in [-0.39, 0.29) is 18.3 Å². The van der Waals surface area contributed by atoms with Gasteiger partial charge in [0.15, 0.2) is 0 Å². The molecule has 5 heteroatoms. The van der Waals surface area contributed by atoms with Gasteiger partial charge >= 0.3 is 0 Å². The maximum atomic E-state index is 13.0. The Labute approximate surface area is 134 Å². The summed E-state index contributed by atoms with van der Waals surface area (Å²) in [6.45, 7) is 0.264. The van der Waals surface area contributed by atoms with Gasteiger partial charge in [-0.2, -0.15) is 0 Å². The third-order valence-corrected chi connectivity index (χ3v) is 4.51. The van der Waals surface area contributed by atoms with Crippen molar-refractivity contribution in [3.05, 3.63) is 48.0 Å². The molecule has 0 atom stereocenters. The largest absolute Gasteiger partial charge is 0.388 e. The van der Waals surface area contributed by atoms with Gasteiger partial charge < -0.3 is 15.4 Å². The lowest BCUT2D eigenvalue weighted by Gasteiger charge is -2.32. The van der Waals surface area contributed by atoms with Crippen LogP contribution in [0.25, 0.3) is 11.1 Å². The molecule has 1 aliphatic carbocycles. The van der Waals surface area contributed by atoms with Crippen molar-refractivity contribution in [2.24, 2.45) is 0 Å². The van der Waals surface area contributed by atoms with Crippen molar-refractivity contribution in [1.29, 1.82) is 0 Å². The number of hydrogen-bond donors (Lipinski definition) is 3. The molecule has 1 saturated carbocycles. The first-order chi connectivity index (χ1) is 11.1.